The fraction of sp³-hybridized carbons (Fsp3) is 0.500. The number of hydrogen-bond donors (Lipinski definition) is 0. The van der Waals surface area contributed by atoms with Crippen LogP contribution in [0.15, 0.2) is 24.3 Å². The molecule has 4 rings (SSSR count). The number of rotatable bonds is 3. The molecule has 1 aromatic rings. The molecule has 0 unspecified atom stereocenters. The van der Waals surface area contributed by atoms with Gasteiger partial charge in [0.05, 0.1) is 17.4 Å². The molecule has 0 saturated carbocycles. The van der Waals surface area contributed by atoms with Gasteiger partial charge in [-0.15, -0.1) is 0 Å². The summed E-state index contributed by atoms with van der Waals surface area (Å²) in [6.45, 7) is 2.46. The van der Waals surface area contributed by atoms with E-state index < -0.39 is 11.5 Å². The lowest BCUT2D eigenvalue weighted by Gasteiger charge is -2.37. The molecule has 1 aromatic carbocycles. The molecule has 3 amide bonds. The molecular formula is C18H20N2O3. The van der Waals surface area contributed by atoms with Gasteiger partial charge in [-0.1, -0.05) is 38.0 Å². The third kappa shape index (κ3) is 1.55. The number of imide groups is 1. The highest BCUT2D eigenvalue weighted by Gasteiger charge is 2.68. The molecule has 0 N–H and O–H groups in total. The van der Waals surface area contributed by atoms with E-state index in [4.69, 9.17) is 0 Å². The second-order valence-corrected chi connectivity index (χ2v) is 6.81. The Bertz CT molecular complexity index is 729. The third-order valence-electron chi connectivity index (χ3n) is 5.80. The van der Waals surface area contributed by atoms with Crippen LogP contribution in [0.1, 0.15) is 42.1 Å². The second-order valence-electron chi connectivity index (χ2n) is 6.81. The van der Waals surface area contributed by atoms with E-state index in [9.17, 15) is 14.4 Å². The Kier molecular flexibility index (Phi) is 2.92. The maximum absolute atomic E-state index is 12.9. The predicted molar refractivity (Wildman–Crippen MR) is 83.4 cm³/mol. The van der Waals surface area contributed by atoms with Crippen molar-refractivity contribution in [2.75, 3.05) is 13.6 Å². The summed E-state index contributed by atoms with van der Waals surface area (Å²) in [4.78, 5) is 41.2. The Labute approximate surface area is 135 Å². The molecule has 0 aliphatic carbocycles. The molecule has 2 fully saturated rings. The first-order valence-corrected chi connectivity index (χ1v) is 8.27. The molecule has 0 bridgehead atoms. The van der Waals surface area contributed by atoms with E-state index in [0.717, 1.165) is 24.8 Å². The van der Waals surface area contributed by atoms with Crippen molar-refractivity contribution in [2.24, 2.45) is 11.8 Å². The number of likely N-dealkylation sites (tertiary alicyclic amines) is 1. The van der Waals surface area contributed by atoms with E-state index in [2.05, 4.69) is 6.92 Å². The highest BCUT2D eigenvalue weighted by molar-refractivity contribution is 6.09. The molecule has 120 valence electrons. The summed E-state index contributed by atoms with van der Waals surface area (Å²) < 4.78 is 0. The van der Waals surface area contributed by atoms with Crippen LogP contribution in [0.2, 0.25) is 0 Å². The van der Waals surface area contributed by atoms with Gasteiger partial charge in [-0.3, -0.25) is 19.3 Å². The first-order valence-electron chi connectivity index (χ1n) is 8.27. The molecule has 2 saturated heterocycles. The van der Waals surface area contributed by atoms with Crippen LogP contribution in [-0.2, 0) is 15.1 Å². The van der Waals surface area contributed by atoms with Crippen LogP contribution in [0.4, 0.5) is 0 Å². The zero-order valence-electron chi connectivity index (χ0n) is 13.4. The van der Waals surface area contributed by atoms with Crippen LogP contribution < -0.4 is 0 Å². The van der Waals surface area contributed by atoms with Crippen LogP contribution >= 0.6 is 0 Å². The Hall–Kier alpha value is -2.17. The molecule has 3 aliphatic heterocycles. The summed E-state index contributed by atoms with van der Waals surface area (Å²) in [7, 11) is 1.56. The van der Waals surface area contributed by atoms with Crippen molar-refractivity contribution < 1.29 is 14.4 Å². The van der Waals surface area contributed by atoms with E-state index >= 15 is 0 Å². The van der Waals surface area contributed by atoms with Crippen LogP contribution in [0, 0.1) is 11.8 Å². The quantitative estimate of drug-likeness (QED) is 0.799. The van der Waals surface area contributed by atoms with Gasteiger partial charge >= 0.3 is 0 Å². The molecule has 5 heteroatoms. The lowest BCUT2D eigenvalue weighted by Crippen LogP contribution is -2.46. The third-order valence-corrected chi connectivity index (χ3v) is 5.80. The zero-order valence-corrected chi connectivity index (χ0v) is 13.4. The van der Waals surface area contributed by atoms with Crippen LogP contribution in [0.5, 0.6) is 0 Å². The average molecular weight is 312 g/mol. The number of unbranched alkanes of at least 4 members (excludes halogenated alkanes) is 1. The zero-order chi connectivity index (χ0) is 16.4. The molecule has 0 aromatic heterocycles. The number of carbonyl (C=O) groups is 3. The fourth-order valence-electron chi connectivity index (χ4n) is 4.77. The van der Waals surface area contributed by atoms with E-state index in [-0.39, 0.29) is 23.6 Å². The van der Waals surface area contributed by atoms with Gasteiger partial charge in [-0.25, -0.2) is 0 Å². The normalized spacial score (nSPS) is 31.7. The topological polar surface area (TPSA) is 57.7 Å². The second kappa shape index (κ2) is 4.66. The molecule has 23 heavy (non-hydrogen) atoms. The van der Waals surface area contributed by atoms with Gasteiger partial charge in [-0.05, 0) is 18.1 Å². The van der Waals surface area contributed by atoms with Crippen molar-refractivity contribution >= 4 is 17.7 Å². The van der Waals surface area contributed by atoms with Crippen molar-refractivity contribution in [1.82, 2.24) is 9.80 Å². The lowest BCUT2D eigenvalue weighted by molar-refractivity contribution is -0.140. The minimum Gasteiger partial charge on any atom is -0.327 e. The van der Waals surface area contributed by atoms with Gasteiger partial charge in [0, 0.05) is 19.2 Å². The fourth-order valence-corrected chi connectivity index (χ4v) is 4.77. The van der Waals surface area contributed by atoms with Crippen molar-refractivity contribution in [2.45, 2.75) is 31.7 Å². The number of fused-ring (bicyclic) bond motifs is 5. The van der Waals surface area contributed by atoms with E-state index in [1.54, 1.807) is 7.05 Å². The van der Waals surface area contributed by atoms with Crippen molar-refractivity contribution in [3.8, 4) is 0 Å². The van der Waals surface area contributed by atoms with Gasteiger partial charge < -0.3 is 4.90 Å². The summed E-state index contributed by atoms with van der Waals surface area (Å²) in [5, 5.41) is 0. The molecule has 3 heterocycles. The van der Waals surface area contributed by atoms with Crippen LogP contribution in [0.3, 0.4) is 0 Å². The monoisotopic (exact) mass is 312 g/mol. The first kappa shape index (κ1) is 14.4. The Morgan fingerprint density at radius 2 is 1.91 bits per heavy atom. The van der Waals surface area contributed by atoms with Gasteiger partial charge in [-0.2, -0.15) is 0 Å². The molecule has 5 nitrogen and oxygen atoms in total. The Balaban J connectivity index is 1.93. The smallest absolute Gasteiger partial charge is 0.255 e. The van der Waals surface area contributed by atoms with Gasteiger partial charge in [0.2, 0.25) is 11.8 Å². The van der Waals surface area contributed by atoms with Crippen molar-refractivity contribution in [3.63, 3.8) is 0 Å². The number of carbonyl (C=O) groups excluding carboxylic acids is 3. The number of hydrogen-bond acceptors (Lipinski definition) is 3. The molecule has 3 aliphatic rings. The minimum absolute atomic E-state index is 0.0330. The molecule has 3 atom stereocenters. The average Bonchev–Trinajstić information content (AvgIpc) is 3.10. The predicted octanol–water partition coefficient (Wildman–Crippen LogP) is 1.77. The number of benzene rings is 1. The molecular weight excluding hydrogens is 292 g/mol. The van der Waals surface area contributed by atoms with Gasteiger partial charge in [0.1, 0.15) is 0 Å². The van der Waals surface area contributed by atoms with Gasteiger partial charge in [0.15, 0.2) is 0 Å². The highest BCUT2D eigenvalue weighted by Crippen LogP contribution is 2.57. The standard InChI is InChI=1S/C18H20N2O3/c1-3-4-9-18-13-8-6-5-7-11(13)16(22)20(18)10-12-14(18)17(23)19(2)15(12)21/h5-8,12,14H,3-4,9-10H2,1-2H3/t12-,14+,18-/m0/s1. The van der Waals surface area contributed by atoms with Crippen molar-refractivity contribution in [1.29, 1.82) is 0 Å². The summed E-state index contributed by atoms with van der Waals surface area (Å²) >= 11 is 0. The first-order chi connectivity index (χ1) is 11.0. The van der Waals surface area contributed by atoms with Crippen LogP contribution in [0.25, 0.3) is 0 Å². The van der Waals surface area contributed by atoms with Crippen LogP contribution in [-0.4, -0.2) is 41.1 Å². The van der Waals surface area contributed by atoms with E-state index in [1.165, 1.54) is 4.90 Å². The number of nitrogens with zero attached hydrogens (tertiary/aromatic N) is 2. The largest absolute Gasteiger partial charge is 0.327 e. The maximum atomic E-state index is 12.9. The summed E-state index contributed by atoms with van der Waals surface area (Å²) in [6, 6.07) is 7.57. The summed E-state index contributed by atoms with van der Waals surface area (Å²) in [5.41, 5.74) is 0.991. The highest BCUT2D eigenvalue weighted by atomic mass is 16.2. The number of amides is 3. The molecule has 0 radical (unpaired) electrons. The van der Waals surface area contributed by atoms with E-state index in [1.807, 2.05) is 29.2 Å². The maximum Gasteiger partial charge on any atom is 0.255 e. The SMILES string of the molecule is CCCC[C@@]12c3ccccc3C(=O)N1C[C@@H]1C(=O)N(C)C(=O)[C@@H]12. The Morgan fingerprint density at radius 3 is 2.65 bits per heavy atom. The Morgan fingerprint density at radius 1 is 1.17 bits per heavy atom. The lowest BCUT2D eigenvalue weighted by atomic mass is 9.73. The van der Waals surface area contributed by atoms with Crippen molar-refractivity contribution in [3.05, 3.63) is 35.4 Å². The molecule has 0 spiro atoms. The van der Waals surface area contributed by atoms with E-state index in [0.29, 0.717) is 12.1 Å². The summed E-state index contributed by atoms with van der Waals surface area (Å²) in [6.07, 6.45) is 2.65. The van der Waals surface area contributed by atoms with Gasteiger partial charge in [0.25, 0.3) is 5.91 Å². The summed E-state index contributed by atoms with van der Waals surface area (Å²) in [5.74, 6) is -1.13. The minimum atomic E-state index is -0.633.